The molecule has 3 nitrogen and oxygen atoms in total. The van der Waals surface area contributed by atoms with Crippen molar-refractivity contribution in [2.24, 2.45) is 0 Å². The van der Waals surface area contributed by atoms with Crippen LogP contribution in [-0.4, -0.2) is 12.6 Å². The molecule has 1 aromatic rings. The third kappa shape index (κ3) is 2.80. The highest BCUT2D eigenvalue weighted by Crippen LogP contribution is 2.32. The van der Waals surface area contributed by atoms with E-state index in [1.165, 1.54) is 12.1 Å². The largest absolute Gasteiger partial charge is 0.462 e. The zero-order valence-corrected chi connectivity index (χ0v) is 10.4. The number of nitrogens with zero attached hydrogens (tertiary/aromatic N) is 1. The first kappa shape index (κ1) is 13.6. The highest BCUT2D eigenvalue weighted by molar-refractivity contribution is 9.10. The van der Waals surface area contributed by atoms with Gasteiger partial charge in [0.15, 0.2) is 0 Å². The molecule has 0 aliphatic carbocycles. The van der Waals surface area contributed by atoms with Crippen LogP contribution in [0.1, 0.15) is 34.8 Å². The maximum Gasteiger partial charge on any atom is 0.339 e. The van der Waals surface area contributed by atoms with E-state index in [4.69, 9.17) is 10.00 Å². The number of esters is 1. The maximum atomic E-state index is 12.8. The lowest BCUT2D eigenvalue weighted by Gasteiger charge is -2.10. The van der Waals surface area contributed by atoms with E-state index in [-0.39, 0.29) is 22.2 Å². The van der Waals surface area contributed by atoms with Crippen molar-refractivity contribution in [3.8, 4) is 6.07 Å². The molecule has 0 atom stereocenters. The van der Waals surface area contributed by atoms with E-state index in [1.54, 1.807) is 13.0 Å². The maximum absolute atomic E-state index is 12.8. The third-order valence-electron chi connectivity index (χ3n) is 2.02. The molecule has 0 saturated heterocycles. The molecule has 0 N–H and O–H groups in total. The predicted molar refractivity (Wildman–Crippen MR) is 59.8 cm³/mol. The lowest BCUT2D eigenvalue weighted by atomic mass is 10.0. The summed E-state index contributed by atoms with van der Waals surface area (Å²) in [6.07, 6.45) is -2.84. The second-order valence-electron chi connectivity index (χ2n) is 3.02. The summed E-state index contributed by atoms with van der Waals surface area (Å²) in [5, 5.41) is 8.88. The Hall–Kier alpha value is -1.48. The summed E-state index contributed by atoms with van der Waals surface area (Å²) in [5.41, 5.74) is -0.987. The van der Waals surface area contributed by atoms with Crippen LogP contribution in [0, 0.1) is 11.3 Å². The number of carbonyl (C=O) groups excluding carboxylic acids is 1. The summed E-state index contributed by atoms with van der Waals surface area (Å²) in [4.78, 5) is 11.5. The monoisotopic (exact) mass is 303 g/mol. The van der Waals surface area contributed by atoms with Gasteiger partial charge in [-0.2, -0.15) is 5.26 Å². The molecule has 1 aromatic carbocycles. The Bertz CT molecular complexity index is 483. The summed E-state index contributed by atoms with van der Waals surface area (Å²) in [6.45, 7) is 1.71. The van der Waals surface area contributed by atoms with Crippen LogP contribution in [0.4, 0.5) is 8.78 Å². The van der Waals surface area contributed by atoms with Crippen LogP contribution in [0.5, 0.6) is 0 Å². The molecule has 0 radical (unpaired) electrons. The van der Waals surface area contributed by atoms with Gasteiger partial charge in [0, 0.05) is 4.47 Å². The van der Waals surface area contributed by atoms with E-state index in [1.807, 2.05) is 0 Å². The fourth-order valence-corrected chi connectivity index (χ4v) is 1.81. The van der Waals surface area contributed by atoms with E-state index in [2.05, 4.69) is 15.9 Å². The van der Waals surface area contributed by atoms with Crippen LogP contribution < -0.4 is 0 Å². The SMILES string of the molecule is CCOC(=O)c1ccc(Br)c(C(F)F)c1C#N. The van der Waals surface area contributed by atoms with E-state index >= 15 is 0 Å². The van der Waals surface area contributed by atoms with Crippen LogP contribution in [-0.2, 0) is 4.74 Å². The van der Waals surface area contributed by atoms with E-state index in [0.717, 1.165) is 0 Å². The summed E-state index contributed by atoms with van der Waals surface area (Å²) in [6, 6.07) is 4.20. The molecule has 17 heavy (non-hydrogen) atoms. The molecule has 6 heteroatoms. The molecule has 1 rings (SSSR count). The Morgan fingerprint density at radius 2 is 2.24 bits per heavy atom. The summed E-state index contributed by atoms with van der Waals surface area (Å²) >= 11 is 2.93. The molecular weight excluding hydrogens is 296 g/mol. The van der Waals surface area contributed by atoms with E-state index in [0.29, 0.717) is 0 Å². The molecule has 0 bridgehead atoms. The van der Waals surface area contributed by atoms with Crippen molar-refractivity contribution in [1.29, 1.82) is 5.26 Å². The number of carbonyl (C=O) groups is 1. The Morgan fingerprint density at radius 3 is 2.71 bits per heavy atom. The number of hydrogen-bond acceptors (Lipinski definition) is 3. The summed E-state index contributed by atoms with van der Waals surface area (Å²) < 4.78 is 30.3. The third-order valence-corrected chi connectivity index (χ3v) is 2.71. The second-order valence-corrected chi connectivity index (χ2v) is 3.87. The number of benzene rings is 1. The number of ether oxygens (including phenoxy) is 1. The fourth-order valence-electron chi connectivity index (χ4n) is 1.31. The van der Waals surface area contributed by atoms with Gasteiger partial charge < -0.3 is 4.74 Å². The Labute approximate surface area is 105 Å². The summed E-state index contributed by atoms with van der Waals surface area (Å²) in [7, 11) is 0. The molecule has 0 aromatic heterocycles. The molecule has 0 fully saturated rings. The first-order valence-electron chi connectivity index (χ1n) is 4.70. The lowest BCUT2D eigenvalue weighted by Crippen LogP contribution is -2.09. The minimum Gasteiger partial charge on any atom is -0.462 e. The predicted octanol–water partition coefficient (Wildman–Crippen LogP) is 3.44. The molecule has 90 valence electrons. The first-order valence-corrected chi connectivity index (χ1v) is 5.50. The molecule has 0 aliphatic heterocycles. The Morgan fingerprint density at radius 1 is 1.59 bits per heavy atom. The van der Waals surface area contributed by atoms with Gasteiger partial charge >= 0.3 is 5.97 Å². The normalized spacial score (nSPS) is 10.1. The van der Waals surface area contributed by atoms with Crippen LogP contribution >= 0.6 is 15.9 Å². The number of halogens is 3. The highest BCUT2D eigenvalue weighted by Gasteiger charge is 2.23. The van der Waals surface area contributed by atoms with Crippen molar-refractivity contribution in [3.63, 3.8) is 0 Å². The van der Waals surface area contributed by atoms with Gasteiger partial charge in [-0.1, -0.05) is 15.9 Å². The number of alkyl halides is 2. The summed E-state index contributed by atoms with van der Waals surface area (Å²) in [5.74, 6) is -0.779. The Kier molecular flexibility index (Phi) is 4.58. The number of hydrogen-bond donors (Lipinski definition) is 0. The van der Waals surface area contributed by atoms with Crippen LogP contribution in [0.25, 0.3) is 0 Å². The van der Waals surface area contributed by atoms with Gasteiger partial charge in [-0.15, -0.1) is 0 Å². The van der Waals surface area contributed by atoms with Gasteiger partial charge in [-0.25, -0.2) is 13.6 Å². The van der Waals surface area contributed by atoms with Gasteiger partial charge in [0.2, 0.25) is 0 Å². The molecular formula is C11H8BrF2NO2. The van der Waals surface area contributed by atoms with Gasteiger partial charge in [0.1, 0.15) is 6.07 Å². The van der Waals surface area contributed by atoms with Crippen molar-refractivity contribution in [2.75, 3.05) is 6.61 Å². The lowest BCUT2D eigenvalue weighted by molar-refractivity contribution is 0.0525. The van der Waals surface area contributed by atoms with Crippen molar-refractivity contribution in [3.05, 3.63) is 33.3 Å². The van der Waals surface area contributed by atoms with Gasteiger partial charge in [0.25, 0.3) is 6.43 Å². The number of rotatable bonds is 3. The van der Waals surface area contributed by atoms with Gasteiger partial charge in [-0.05, 0) is 19.1 Å². The molecule has 0 saturated carbocycles. The minimum atomic E-state index is -2.84. The van der Waals surface area contributed by atoms with Crippen LogP contribution in [0.15, 0.2) is 16.6 Å². The Balaban J connectivity index is 3.39. The average molecular weight is 304 g/mol. The molecule has 0 aliphatic rings. The minimum absolute atomic E-state index is 0.0945. The molecule has 0 unspecified atom stereocenters. The first-order chi connectivity index (χ1) is 8.02. The quantitative estimate of drug-likeness (QED) is 0.804. The van der Waals surface area contributed by atoms with Gasteiger partial charge in [-0.3, -0.25) is 0 Å². The smallest absolute Gasteiger partial charge is 0.339 e. The standard InChI is InChI=1S/C11H8BrF2NO2/c1-2-17-11(16)6-3-4-8(12)9(10(13)14)7(6)5-15/h3-4,10H,2H2,1H3. The van der Waals surface area contributed by atoms with Crippen molar-refractivity contribution >= 4 is 21.9 Å². The topological polar surface area (TPSA) is 50.1 Å². The molecule has 0 heterocycles. The number of nitriles is 1. The zero-order chi connectivity index (χ0) is 13.0. The van der Waals surface area contributed by atoms with Crippen LogP contribution in [0.3, 0.4) is 0 Å². The fraction of sp³-hybridized carbons (Fsp3) is 0.273. The van der Waals surface area contributed by atoms with E-state index in [9.17, 15) is 13.6 Å². The molecule has 0 amide bonds. The average Bonchev–Trinajstić information content (AvgIpc) is 2.27. The van der Waals surface area contributed by atoms with E-state index < -0.39 is 18.0 Å². The van der Waals surface area contributed by atoms with Crippen molar-refractivity contribution in [1.82, 2.24) is 0 Å². The second kappa shape index (κ2) is 5.73. The highest BCUT2D eigenvalue weighted by atomic mass is 79.9. The molecule has 0 spiro atoms. The van der Waals surface area contributed by atoms with Crippen molar-refractivity contribution in [2.45, 2.75) is 13.3 Å². The van der Waals surface area contributed by atoms with Crippen LogP contribution in [0.2, 0.25) is 0 Å². The van der Waals surface area contributed by atoms with Gasteiger partial charge in [0.05, 0.1) is 23.3 Å². The zero-order valence-electron chi connectivity index (χ0n) is 8.84. The van der Waals surface area contributed by atoms with Crippen molar-refractivity contribution < 1.29 is 18.3 Å².